The van der Waals surface area contributed by atoms with Gasteiger partial charge in [0.25, 0.3) is 0 Å². The van der Waals surface area contributed by atoms with Crippen LogP contribution in [-0.4, -0.2) is 6.54 Å². The van der Waals surface area contributed by atoms with Crippen molar-refractivity contribution in [2.24, 2.45) is 5.92 Å². The molecule has 0 atom stereocenters. The molecule has 0 bridgehead atoms. The first kappa shape index (κ1) is 16.1. The minimum Gasteiger partial charge on any atom is -0.489 e. The second kappa shape index (κ2) is 7.66. The Balaban J connectivity index is 1.88. The van der Waals surface area contributed by atoms with Gasteiger partial charge >= 0.3 is 0 Å². The Morgan fingerprint density at radius 2 is 1.95 bits per heavy atom. The summed E-state index contributed by atoms with van der Waals surface area (Å²) in [6, 6.07) is 9.91. The summed E-state index contributed by atoms with van der Waals surface area (Å²) in [5.41, 5.74) is 1.10. The van der Waals surface area contributed by atoms with Gasteiger partial charge in [0, 0.05) is 10.0 Å². The van der Waals surface area contributed by atoms with Crippen LogP contribution in [-0.2, 0) is 13.2 Å². The Morgan fingerprint density at radius 3 is 2.62 bits per heavy atom. The van der Waals surface area contributed by atoms with Crippen molar-refractivity contribution in [2.75, 3.05) is 6.54 Å². The third-order valence-electron chi connectivity index (χ3n) is 3.13. The highest BCUT2D eigenvalue weighted by Crippen LogP contribution is 2.20. The Morgan fingerprint density at radius 1 is 1.24 bits per heavy atom. The minimum absolute atomic E-state index is 0.529. The Bertz CT molecular complexity index is 561. The summed E-state index contributed by atoms with van der Waals surface area (Å²) in [5, 5.41) is 3.38. The van der Waals surface area contributed by atoms with E-state index in [1.807, 2.05) is 31.2 Å². The molecule has 114 valence electrons. The largest absolute Gasteiger partial charge is 0.489 e. The summed E-state index contributed by atoms with van der Waals surface area (Å²) in [5.74, 6) is 3.38. The van der Waals surface area contributed by atoms with Crippen molar-refractivity contribution in [3.63, 3.8) is 0 Å². The molecule has 1 heterocycles. The van der Waals surface area contributed by atoms with Crippen LogP contribution < -0.4 is 10.1 Å². The minimum atomic E-state index is 0.529. The maximum atomic E-state index is 5.78. The fraction of sp³-hybridized carbons (Fsp3) is 0.412. The van der Waals surface area contributed by atoms with E-state index >= 15 is 0 Å². The second-order valence-corrected chi connectivity index (χ2v) is 6.48. The number of halogens is 1. The molecular weight excluding hydrogens is 330 g/mol. The first-order chi connectivity index (χ1) is 10.0. The normalized spacial score (nSPS) is 11.1. The fourth-order valence-corrected chi connectivity index (χ4v) is 2.26. The number of ether oxygens (including phenoxy) is 1. The average molecular weight is 352 g/mol. The summed E-state index contributed by atoms with van der Waals surface area (Å²) in [6.45, 7) is 8.64. The zero-order chi connectivity index (χ0) is 15.2. The Kier molecular flexibility index (Phi) is 5.88. The molecular formula is C17H22BrNO2. The van der Waals surface area contributed by atoms with Crippen molar-refractivity contribution in [3.05, 3.63) is 51.9 Å². The summed E-state index contributed by atoms with van der Waals surface area (Å²) >= 11 is 3.41. The molecule has 2 aromatic rings. The molecule has 1 N–H and O–H groups in total. The lowest BCUT2D eigenvalue weighted by atomic mass is 10.2. The van der Waals surface area contributed by atoms with Crippen LogP contribution in [0.4, 0.5) is 0 Å². The monoisotopic (exact) mass is 351 g/mol. The molecule has 0 saturated heterocycles. The van der Waals surface area contributed by atoms with Crippen LogP contribution in [0.2, 0.25) is 0 Å². The molecule has 0 aliphatic carbocycles. The number of hydrogen-bond acceptors (Lipinski definition) is 3. The van der Waals surface area contributed by atoms with E-state index in [1.54, 1.807) is 0 Å². The number of nitrogens with one attached hydrogen (secondary N) is 1. The molecule has 0 aliphatic heterocycles. The van der Waals surface area contributed by atoms with Gasteiger partial charge in [-0.2, -0.15) is 0 Å². The van der Waals surface area contributed by atoms with E-state index in [-0.39, 0.29) is 0 Å². The van der Waals surface area contributed by atoms with Gasteiger partial charge in [0.2, 0.25) is 0 Å². The van der Waals surface area contributed by atoms with Crippen LogP contribution in [0, 0.1) is 12.8 Å². The first-order valence-electron chi connectivity index (χ1n) is 7.22. The number of aryl methyl sites for hydroxylation is 1. The fourth-order valence-electron chi connectivity index (χ4n) is 1.99. The van der Waals surface area contributed by atoms with Gasteiger partial charge < -0.3 is 14.5 Å². The van der Waals surface area contributed by atoms with Crippen LogP contribution >= 0.6 is 15.9 Å². The molecule has 4 heteroatoms. The predicted octanol–water partition coefficient (Wildman–Crippen LogP) is 4.68. The third kappa shape index (κ3) is 5.21. The van der Waals surface area contributed by atoms with Crippen molar-refractivity contribution < 1.29 is 9.15 Å². The highest BCUT2D eigenvalue weighted by Gasteiger charge is 2.08. The highest BCUT2D eigenvalue weighted by atomic mass is 79.9. The molecule has 1 aromatic heterocycles. The summed E-state index contributed by atoms with van der Waals surface area (Å²) in [7, 11) is 0. The van der Waals surface area contributed by atoms with Crippen LogP contribution in [0.3, 0.4) is 0 Å². The standard InChI is InChI=1S/C17H22BrNO2/c1-12(2)9-19-10-17-8-14(13(3)21-17)11-20-16-6-4-15(18)5-7-16/h4-8,12,19H,9-11H2,1-3H3. The Hall–Kier alpha value is -1.26. The maximum absolute atomic E-state index is 5.78. The van der Waals surface area contributed by atoms with E-state index < -0.39 is 0 Å². The molecule has 0 amide bonds. The van der Waals surface area contributed by atoms with Gasteiger partial charge in [0.05, 0.1) is 6.54 Å². The number of benzene rings is 1. The first-order valence-corrected chi connectivity index (χ1v) is 8.01. The summed E-state index contributed by atoms with van der Waals surface area (Å²) in [6.07, 6.45) is 0. The molecule has 0 spiro atoms. The van der Waals surface area contributed by atoms with Crippen molar-refractivity contribution >= 4 is 15.9 Å². The third-order valence-corrected chi connectivity index (χ3v) is 3.66. The molecule has 0 saturated carbocycles. The molecule has 21 heavy (non-hydrogen) atoms. The smallest absolute Gasteiger partial charge is 0.119 e. The van der Waals surface area contributed by atoms with Gasteiger partial charge in [-0.15, -0.1) is 0 Å². The van der Waals surface area contributed by atoms with E-state index in [0.717, 1.165) is 40.4 Å². The quantitative estimate of drug-likeness (QED) is 0.786. The van der Waals surface area contributed by atoms with Gasteiger partial charge in [0.15, 0.2) is 0 Å². The van der Waals surface area contributed by atoms with E-state index in [9.17, 15) is 0 Å². The maximum Gasteiger partial charge on any atom is 0.119 e. The van der Waals surface area contributed by atoms with Gasteiger partial charge in [-0.3, -0.25) is 0 Å². The predicted molar refractivity (Wildman–Crippen MR) is 88.5 cm³/mol. The summed E-state index contributed by atoms with van der Waals surface area (Å²) < 4.78 is 12.6. The van der Waals surface area contributed by atoms with Crippen molar-refractivity contribution in [3.8, 4) is 5.75 Å². The second-order valence-electron chi connectivity index (χ2n) is 5.56. The number of hydrogen-bond donors (Lipinski definition) is 1. The van der Waals surface area contributed by atoms with E-state index in [0.29, 0.717) is 12.5 Å². The molecule has 0 fully saturated rings. The molecule has 3 nitrogen and oxygen atoms in total. The van der Waals surface area contributed by atoms with Crippen LogP contribution in [0.1, 0.15) is 30.9 Å². The zero-order valence-electron chi connectivity index (χ0n) is 12.8. The van der Waals surface area contributed by atoms with Crippen LogP contribution in [0.15, 0.2) is 39.2 Å². The van der Waals surface area contributed by atoms with Crippen molar-refractivity contribution in [1.82, 2.24) is 5.32 Å². The molecule has 0 unspecified atom stereocenters. The van der Waals surface area contributed by atoms with Crippen LogP contribution in [0.5, 0.6) is 5.75 Å². The van der Waals surface area contributed by atoms with Gasteiger partial charge in [-0.05, 0) is 49.7 Å². The van der Waals surface area contributed by atoms with E-state index in [4.69, 9.17) is 9.15 Å². The molecule has 1 aromatic carbocycles. The average Bonchev–Trinajstić information content (AvgIpc) is 2.78. The van der Waals surface area contributed by atoms with Gasteiger partial charge in [-0.1, -0.05) is 29.8 Å². The highest BCUT2D eigenvalue weighted by molar-refractivity contribution is 9.10. The Labute approximate surface area is 134 Å². The SMILES string of the molecule is Cc1oc(CNCC(C)C)cc1COc1ccc(Br)cc1. The summed E-state index contributed by atoms with van der Waals surface area (Å²) in [4.78, 5) is 0. The lowest BCUT2D eigenvalue weighted by molar-refractivity contribution is 0.303. The number of furan rings is 1. The van der Waals surface area contributed by atoms with Gasteiger partial charge in [-0.25, -0.2) is 0 Å². The van der Waals surface area contributed by atoms with Gasteiger partial charge in [0.1, 0.15) is 23.9 Å². The lowest BCUT2D eigenvalue weighted by Gasteiger charge is -2.05. The molecule has 0 radical (unpaired) electrons. The van der Waals surface area contributed by atoms with E-state index in [1.165, 1.54) is 0 Å². The zero-order valence-corrected chi connectivity index (χ0v) is 14.4. The van der Waals surface area contributed by atoms with Crippen molar-refractivity contribution in [2.45, 2.75) is 33.9 Å². The van der Waals surface area contributed by atoms with E-state index in [2.05, 4.69) is 41.2 Å². The van der Waals surface area contributed by atoms with Crippen LogP contribution in [0.25, 0.3) is 0 Å². The number of rotatable bonds is 7. The van der Waals surface area contributed by atoms with Crippen molar-refractivity contribution in [1.29, 1.82) is 0 Å². The lowest BCUT2D eigenvalue weighted by Crippen LogP contribution is -2.18. The topological polar surface area (TPSA) is 34.4 Å². The molecule has 0 aliphatic rings. The molecule has 2 rings (SSSR count).